The van der Waals surface area contributed by atoms with E-state index in [1.54, 1.807) is 12.0 Å². The number of hydrogen-bond donors (Lipinski definition) is 1. The second-order valence-electron chi connectivity index (χ2n) is 7.80. The van der Waals surface area contributed by atoms with Gasteiger partial charge in [0.15, 0.2) is 5.13 Å². The first kappa shape index (κ1) is 17.6. The van der Waals surface area contributed by atoms with Crippen LogP contribution in [0.4, 0.5) is 5.13 Å². The lowest BCUT2D eigenvalue weighted by Crippen LogP contribution is -2.42. The van der Waals surface area contributed by atoms with Crippen molar-refractivity contribution >= 4 is 38.5 Å². The summed E-state index contributed by atoms with van der Waals surface area (Å²) in [6.07, 6.45) is 3.52. The number of anilines is 1. The van der Waals surface area contributed by atoms with Crippen LogP contribution in [0.15, 0.2) is 30.4 Å². The van der Waals surface area contributed by atoms with E-state index in [-0.39, 0.29) is 24.0 Å². The highest BCUT2D eigenvalue weighted by atomic mass is 32.1. The van der Waals surface area contributed by atoms with E-state index in [2.05, 4.69) is 10.3 Å². The molecular weight excluding hydrogens is 378 g/mol. The van der Waals surface area contributed by atoms with Crippen LogP contribution in [-0.4, -0.2) is 53.1 Å². The first-order valence-electron chi connectivity index (χ1n) is 9.35. The number of nitrogens with zero attached hydrogens (tertiary/aromatic N) is 2. The first-order valence-corrected chi connectivity index (χ1v) is 10.2. The molecule has 5 rings (SSSR count). The number of thiazole rings is 1. The van der Waals surface area contributed by atoms with E-state index < -0.39 is 17.4 Å². The van der Waals surface area contributed by atoms with Crippen LogP contribution in [0.25, 0.3) is 10.2 Å². The number of carbonyl (C=O) groups is 2. The molecule has 3 aliphatic heterocycles. The van der Waals surface area contributed by atoms with E-state index in [1.807, 2.05) is 44.2 Å². The van der Waals surface area contributed by atoms with Crippen LogP contribution in [0.2, 0.25) is 0 Å². The Morgan fingerprint density at radius 2 is 2.29 bits per heavy atom. The number of nitrogens with one attached hydrogen (secondary N) is 1. The zero-order chi connectivity index (χ0) is 19.6. The molecule has 0 saturated carbocycles. The minimum atomic E-state index is -0.672. The normalized spacial score (nSPS) is 30.5. The number of amides is 2. The maximum Gasteiger partial charge on any atom is 0.233 e. The Labute approximate surface area is 166 Å². The minimum absolute atomic E-state index is 0.00367. The summed E-state index contributed by atoms with van der Waals surface area (Å²) in [4.78, 5) is 32.4. The molecule has 4 heterocycles. The van der Waals surface area contributed by atoms with Crippen molar-refractivity contribution in [2.75, 3.05) is 19.0 Å². The van der Waals surface area contributed by atoms with Gasteiger partial charge < -0.3 is 19.7 Å². The van der Waals surface area contributed by atoms with E-state index in [4.69, 9.17) is 9.47 Å². The highest BCUT2D eigenvalue weighted by molar-refractivity contribution is 7.22. The van der Waals surface area contributed by atoms with Gasteiger partial charge in [-0.2, -0.15) is 0 Å². The van der Waals surface area contributed by atoms with Crippen molar-refractivity contribution in [1.82, 2.24) is 9.88 Å². The average Bonchev–Trinajstić information content (AvgIpc) is 3.39. The molecule has 2 bridgehead atoms. The maximum atomic E-state index is 13.1. The average molecular weight is 399 g/mol. The fourth-order valence-electron chi connectivity index (χ4n) is 4.54. The third-order valence-corrected chi connectivity index (χ3v) is 6.83. The van der Waals surface area contributed by atoms with E-state index in [0.29, 0.717) is 11.7 Å². The molecule has 8 heteroatoms. The number of carbonyl (C=O) groups excluding carboxylic acids is 2. The summed E-state index contributed by atoms with van der Waals surface area (Å²) in [6, 6.07) is 5.69. The Hall–Kier alpha value is -2.45. The number of likely N-dealkylation sites (tertiary alicyclic amines) is 1. The lowest BCUT2D eigenvalue weighted by Gasteiger charge is -2.24. The molecule has 2 fully saturated rings. The van der Waals surface area contributed by atoms with Crippen molar-refractivity contribution in [2.24, 2.45) is 11.8 Å². The predicted octanol–water partition coefficient (Wildman–Crippen LogP) is 2.43. The third kappa shape index (κ3) is 2.41. The molecule has 7 nitrogen and oxygen atoms in total. The van der Waals surface area contributed by atoms with Gasteiger partial charge in [0.25, 0.3) is 0 Å². The van der Waals surface area contributed by atoms with Gasteiger partial charge in [-0.15, -0.1) is 0 Å². The number of benzene rings is 1. The summed E-state index contributed by atoms with van der Waals surface area (Å²) in [7, 11) is 1.60. The molecule has 146 valence electrons. The quantitative estimate of drug-likeness (QED) is 0.799. The van der Waals surface area contributed by atoms with Gasteiger partial charge in [-0.1, -0.05) is 23.5 Å². The van der Waals surface area contributed by atoms with Crippen molar-refractivity contribution in [3.05, 3.63) is 30.4 Å². The van der Waals surface area contributed by atoms with Crippen molar-refractivity contribution in [2.45, 2.75) is 31.6 Å². The Kier molecular flexibility index (Phi) is 3.79. The van der Waals surface area contributed by atoms with Crippen LogP contribution in [-0.2, 0) is 14.3 Å². The van der Waals surface area contributed by atoms with E-state index >= 15 is 0 Å². The van der Waals surface area contributed by atoms with Crippen molar-refractivity contribution < 1.29 is 19.1 Å². The monoisotopic (exact) mass is 399 g/mol. The minimum Gasteiger partial charge on any atom is -0.497 e. The van der Waals surface area contributed by atoms with Crippen LogP contribution >= 0.6 is 11.3 Å². The van der Waals surface area contributed by atoms with Gasteiger partial charge in [0, 0.05) is 12.1 Å². The smallest absolute Gasteiger partial charge is 0.233 e. The summed E-state index contributed by atoms with van der Waals surface area (Å²) in [5.41, 5.74) is 0.0951. The first-order chi connectivity index (χ1) is 13.4. The van der Waals surface area contributed by atoms with Crippen LogP contribution in [0.5, 0.6) is 5.75 Å². The second-order valence-corrected chi connectivity index (χ2v) is 8.83. The van der Waals surface area contributed by atoms with Crippen LogP contribution in [0.3, 0.4) is 0 Å². The van der Waals surface area contributed by atoms with Crippen LogP contribution in [0, 0.1) is 11.8 Å². The highest BCUT2D eigenvalue weighted by Gasteiger charge is 2.67. The molecule has 0 unspecified atom stereocenters. The van der Waals surface area contributed by atoms with Crippen LogP contribution < -0.4 is 10.1 Å². The summed E-state index contributed by atoms with van der Waals surface area (Å²) in [6.45, 7) is 4.47. The molecule has 2 aromatic rings. The largest absolute Gasteiger partial charge is 0.497 e. The SMILES string of the molecule is COc1ccc2sc(NC(=O)[C@@H]3[C@H]4C(=O)N(C(C)C)C[C@@]45C=C[C@H]3O5)nc2c1. The topological polar surface area (TPSA) is 80.8 Å². The number of fused-ring (bicyclic) bond motifs is 2. The van der Waals surface area contributed by atoms with Gasteiger partial charge in [0.05, 0.1) is 41.8 Å². The molecule has 2 saturated heterocycles. The standard InChI is InChI=1S/C20H21N3O4S/c1-10(2)23-9-20-7-6-13(27-20)15(16(20)18(23)25)17(24)22-19-21-12-8-11(26-3)4-5-14(12)28-19/h4-8,10,13,15-16H,9H2,1-3H3,(H,21,22,24)/t13-,15+,16+,20+/m1/s1. The summed E-state index contributed by atoms with van der Waals surface area (Å²) in [5.74, 6) is -0.515. The Bertz CT molecular complexity index is 1020. The fraction of sp³-hybridized carbons (Fsp3) is 0.450. The summed E-state index contributed by atoms with van der Waals surface area (Å²) >= 11 is 1.40. The van der Waals surface area contributed by atoms with Crippen molar-refractivity contribution in [3.8, 4) is 5.75 Å². The number of aromatic nitrogens is 1. The van der Waals surface area contributed by atoms with Gasteiger partial charge >= 0.3 is 0 Å². The third-order valence-electron chi connectivity index (χ3n) is 5.88. The second kappa shape index (κ2) is 6.02. The molecule has 3 aliphatic rings. The molecular formula is C20H21N3O4S. The summed E-state index contributed by atoms with van der Waals surface area (Å²) in [5, 5.41) is 3.43. The van der Waals surface area contributed by atoms with Gasteiger partial charge in [0.1, 0.15) is 11.4 Å². The maximum absolute atomic E-state index is 13.1. The lowest BCUT2D eigenvalue weighted by atomic mass is 9.77. The molecule has 1 aromatic heterocycles. The summed E-state index contributed by atoms with van der Waals surface area (Å²) < 4.78 is 12.3. The lowest BCUT2D eigenvalue weighted by molar-refractivity contribution is -0.136. The van der Waals surface area contributed by atoms with Gasteiger partial charge in [-0.3, -0.25) is 9.59 Å². The van der Waals surface area contributed by atoms with Gasteiger partial charge in [-0.05, 0) is 26.0 Å². The molecule has 1 aromatic carbocycles. The van der Waals surface area contributed by atoms with Gasteiger partial charge in [-0.25, -0.2) is 4.98 Å². The molecule has 4 atom stereocenters. The number of rotatable bonds is 4. The van der Waals surface area contributed by atoms with E-state index in [1.165, 1.54) is 11.3 Å². The zero-order valence-electron chi connectivity index (χ0n) is 15.8. The van der Waals surface area contributed by atoms with Crippen LogP contribution in [0.1, 0.15) is 13.8 Å². The predicted molar refractivity (Wildman–Crippen MR) is 105 cm³/mol. The molecule has 28 heavy (non-hydrogen) atoms. The van der Waals surface area contributed by atoms with Gasteiger partial charge in [0.2, 0.25) is 11.8 Å². The fourth-order valence-corrected chi connectivity index (χ4v) is 5.39. The molecule has 0 aliphatic carbocycles. The number of hydrogen-bond acceptors (Lipinski definition) is 6. The Morgan fingerprint density at radius 1 is 1.46 bits per heavy atom. The molecule has 1 N–H and O–H groups in total. The zero-order valence-corrected chi connectivity index (χ0v) is 16.7. The molecule has 0 radical (unpaired) electrons. The van der Waals surface area contributed by atoms with Crippen molar-refractivity contribution in [1.29, 1.82) is 0 Å². The van der Waals surface area contributed by atoms with E-state index in [9.17, 15) is 9.59 Å². The van der Waals surface area contributed by atoms with E-state index in [0.717, 1.165) is 16.0 Å². The Balaban J connectivity index is 1.41. The molecule has 2 amide bonds. The highest BCUT2D eigenvalue weighted by Crippen LogP contribution is 2.52. The number of methoxy groups -OCH3 is 1. The number of ether oxygens (including phenoxy) is 2. The Morgan fingerprint density at radius 3 is 3.04 bits per heavy atom. The molecule has 1 spiro atoms. The van der Waals surface area contributed by atoms with Crippen molar-refractivity contribution in [3.63, 3.8) is 0 Å².